The van der Waals surface area contributed by atoms with Gasteiger partial charge in [0.05, 0.1) is 22.7 Å². The molecule has 0 spiro atoms. The van der Waals surface area contributed by atoms with E-state index in [1.807, 2.05) is 34.9 Å². The highest BCUT2D eigenvalue weighted by atomic mass is 19.4. The minimum Gasteiger partial charge on any atom is -0.376 e. The normalized spacial score (nSPS) is 23.6. The van der Waals surface area contributed by atoms with E-state index in [2.05, 4.69) is 5.32 Å². The maximum atomic E-state index is 13.2. The summed E-state index contributed by atoms with van der Waals surface area (Å²) in [5, 5.41) is 3.89. The van der Waals surface area contributed by atoms with Crippen LogP contribution in [0, 0.1) is 5.92 Å². The van der Waals surface area contributed by atoms with Gasteiger partial charge < -0.3 is 14.6 Å². The second-order valence-electron chi connectivity index (χ2n) is 7.63. The maximum Gasteiger partial charge on any atom is 0.416 e. The van der Waals surface area contributed by atoms with Crippen LogP contribution in [-0.2, 0) is 17.1 Å². The smallest absolute Gasteiger partial charge is 0.376 e. The minimum absolute atomic E-state index is 0.0894. The Morgan fingerprint density at radius 1 is 0.900 bits per heavy atom. The topological polar surface area (TPSA) is 26.2 Å². The van der Waals surface area contributed by atoms with Gasteiger partial charge in [0.2, 0.25) is 0 Å². The van der Waals surface area contributed by atoms with Gasteiger partial charge in [-0.1, -0.05) is 18.2 Å². The number of para-hydroxylation sites is 1. The monoisotopic (exact) mass is 426 g/mol. The highest BCUT2D eigenvalue weighted by Crippen LogP contribution is 2.50. The molecule has 0 radical (unpaired) electrons. The van der Waals surface area contributed by atoms with Crippen LogP contribution in [0.1, 0.15) is 35.5 Å². The van der Waals surface area contributed by atoms with E-state index in [1.165, 1.54) is 0 Å². The van der Waals surface area contributed by atoms with Crippen molar-refractivity contribution in [1.29, 1.82) is 0 Å². The Hall–Kier alpha value is -2.68. The number of hydrogen-bond donors (Lipinski definition) is 1. The molecular weight excluding hydrogens is 410 g/mol. The molecule has 1 saturated heterocycles. The number of aromatic nitrogens is 1. The van der Waals surface area contributed by atoms with Crippen LogP contribution < -0.4 is 5.32 Å². The summed E-state index contributed by atoms with van der Waals surface area (Å²) in [5.41, 5.74) is -1.17. The summed E-state index contributed by atoms with van der Waals surface area (Å²) < 4.78 is 87.2. The summed E-state index contributed by atoms with van der Waals surface area (Å²) in [6.07, 6.45) is -9.42. The lowest BCUT2D eigenvalue weighted by Crippen LogP contribution is -2.18. The number of anilines is 1. The van der Waals surface area contributed by atoms with Crippen LogP contribution in [0.15, 0.2) is 48.5 Å². The third-order valence-electron chi connectivity index (χ3n) is 5.80. The molecule has 1 N–H and O–H groups in total. The van der Waals surface area contributed by atoms with E-state index in [0.29, 0.717) is 13.0 Å². The van der Waals surface area contributed by atoms with Crippen molar-refractivity contribution in [2.24, 2.45) is 5.92 Å². The Kier molecular flexibility index (Phi) is 4.12. The lowest BCUT2D eigenvalue weighted by molar-refractivity contribution is -0.143. The molecule has 3 atom stereocenters. The Bertz CT molecular complexity index is 1080. The Balaban J connectivity index is 1.59. The molecular formula is C21H16F6N2O. The first-order chi connectivity index (χ1) is 14.1. The predicted molar refractivity (Wildman–Crippen MR) is 97.8 cm³/mol. The van der Waals surface area contributed by atoms with Gasteiger partial charge in [-0.05, 0) is 36.8 Å². The quantitative estimate of drug-likeness (QED) is 0.481. The minimum atomic E-state index is -4.89. The van der Waals surface area contributed by atoms with Crippen LogP contribution in [0.4, 0.5) is 32.0 Å². The summed E-state index contributed by atoms with van der Waals surface area (Å²) in [4.78, 5) is 0. The molecule has 0 amide bonds. The van der Waals surface area contributed by atoms with Crippen LogP contribution in [-0.4, -0.2) is 11.2 Å². The molecule has 158 valence electrons. The van der Waals surface area contributed by atoms with E-state index >= 15 is 0 Å². The van der Waals surface area contributed by atoms with E-state index < -0.39 is 29.5 Å². The number of nitrogens with one attached hydrogen (secondary N) is 1. The number of hydrogen-bond acceptors (Lipinski definition) is 2. The van der Waals surface area contributed by atoms with Gasteiger partial charge in [-0.3, -0.25) is 0 Å². The third-order valence-corrected chi connectivity index (χ3v) is 5.80. The summed E-state index contributed by atoms with van der Waals surface area (Å²) in [6.45, 7) is 0.482. The summed E-state index contributed by atoms with van der Waals surface area (Å²) >= 11 is 0. The van der Waals surface area contributed by atoms with Gasteiger partial charge >= 0.3 is 12.4 Å². The first-order valence-corrected chi connectivity index (χ1v) is 9.40. The fourth-order valence-electron chi connectivity index (χ4n) is 4.53. The van der Waals surface area contributed by atoms with Gasteiger partial charge in [-0.2, -0.15) is 26.3 Å². The summed E-state index contributed by atoms with van der Waals surface area (Å²) in [5.74, 6) is -0.0894. The SMILES string of the molecule is FC(F)(F)c1cc(N[C@H]2c3cc4ccccc4n3[C@H]3OCC[C@@H]23)cc(C(F)(F)F)c1. The van der Waals surface area contributed by atoms with Crippen LogP contribution in [0.25, 0.3) is 10.9 Å². The number of ether oxygens (including phenoxy) is 1. The van der Waals surface area contributed by atoms with Gasteiger partial charge in [0.15, 0.2) is 0 Å². The van der Waals surface area contributed by atoms with Crippen molar-refractivity contribution in [3.05, 3.63) is 65.4 Å². The zero-order chi connectivity index (χ0) is 21.3. The summed E-state index contributed by atoms with van der Waals surface area (Å²) in [6, 6.07) is 10.6. The van der Waals surface area contributed by atoms with Gasteiger partial charge in [-0.15, -0.1) is 0 Å². The van der Waals surface area contributed by atoms with Gasteiger partial charge in [0.25, 0.3) is 0 Å². The molecule has 3 heterocycles. The van der Waals surface area contributed by atoms with Crippen LogP contribution in [0.3, 0.4) is 0 Å². The van der Waals surface area contributed by atoms with E-state index in [0.717, 1.165) is 28.7 Å². The van der Waals surface area contributed by atoms with Crippen molar-refractivity contribution in [3.8, 4) is 0 Å². The van der Waals surface area contributed by atoms with E-state index in [4.69, 9.17) is 4.74 Å². The highest BCUT2D eigenvalue weighted by Gasteiger charge is 2.46. The second kappa shape index (κ2) is 6.41. The molecule has 1 aromatic heterocycles. The average molecular weight is 426 g/mol. The average Bonchev–Trinajstić information content (AvgIpc) is 3.33. The molecule has 0 unspecified atom stereocenters. The van der Waals surface area contributed by atoms with Crippen molar-refractivity contribution in [2.45, 2.75) is 31.0 Å². The standard InChI is InChI=1S/C21H16F6N2O/c22-20(23,24)12-8-13(21(25,26)27)10-14(9-12)28-18-15-5-6-30-19(15)29-16-4-2-1-3-11(16)7-17(18)29/h1-4,7-10,15,18-19,28H,5-6H2/t15-,18+,19-/m0/s1. The zero-order valence-corrected chi connectivity index (χ0v) is 15.4. The van der Waals surface area contributed by atoms with Gasteiger partial charge in [0.1, 0.15) is 6.23 Å². The maximum absolute atomic E-state index is 13.2. The fourth-order valence-corrected chi connectivity index (χ4v) is 4.53. The second-order valence-corrected chi connectivity index (χ2v) is 7.63. The van der Waals surface area contributed by atoms with Crippen molar-refractivity contribution >= 4 is 16.6 Å². The zero-order valence-electron chi connectivity index (χ0n) is 15.4. The molecule has 30 heavy (non-hydrogen) atoms. The number of benzene rings is 2. The largest absolute Gasteiger partial charge is 0.416 e. The molecule has 2 aliphatic rings. The van der Waals surface area contributed by atoms with Crippen molar-refractivity contribution in [2.75, 3.05) is 11.9 Å². The van der Waals surface area contributed by atoms with Gasteiger partial charge in [0, 0.05) is 29.3 Å². The predicted octanol–water partition coefficient (Wildman–Crippen LogP) is 6.38. The molecule has 2 aromatic carbocycles. The molecule has 9 heteroatoms. The van der Waals surface area contributed by atoms with E-state index in [1.54, 1.807) is 0 Å². The summed E-state index contributed by atoms with van der Waals surface area (Å²) in [7, 11) is 0. The Morgan fingerprint density at radius 2 is 1.57 bits per heavy atom. The van der Waals surface area contributed by atoms with Crippen LogP contribution >= 0.6 is 0 Å². The van der Waals surface area contributed by atoms with E-state index in [9.17, 15) is 26.3 Å². The van der Waals surface area contributed by atoms with Crippen LogP contribution in [0.5, 0.6) is 0 Å². The van der Waals surface area contributed by atoms with Gasteiger partial charge in [-0.25, -0.2) is 0 Å². The molecule has 1 fully saturated rings. The van der Waals surface area contributed by atoms with Crippen molar-refractivity contribution in [3.63, 3.8) is 0 Å². The molecule has 0 aliphatic carbocycles. The first kappa shape index (κ1) is 19.3. The molecule has 0 saturated carbocycles. The van der Waals surface area contributed by atoms with Crippen molar-refractivity contribution < 1.29 is 31.1 Å². The third kappa shape index (κ3) is 3.03. The molecule has 3 aromatic rings. The fraction of sp³-hybridized carbons (Fsp3) is 0.333. The molecule has 0 bridgehead atoms. The Morgan fingerprint density at radius 3 is 2.23 bits per heavy atom. The number of nitrogens with zero attached hydrogens (tertiary/aromatic N) is 1. The lowest BCUT2D eigenvalue weighted by Gasteiger charge is -2.22. The Labute approximate surface area is 167 Å². The number of fused-ring (bicyclic) bond motifs is 5. The van der Waals surface area contributed by atoms with Crippen molar-refractivity contribution in [1.82, 2.24) is 4.57 Å². The molecule has 3 nitrogen and oxygen atoms in total. The van der Waals surface area contributed by atoms with E-state index in [-0.39, 0.29) is 23.9 Å². The highest BCUT2D eigenvalue weighted by molar-refractivity contribution is 5.82. The lowest BCUT2D eigenvalue weighted by atomic mass is 9.96. The number of halogens is 6. The van der Waals surface area contributed by atoms with Crippen LogP contribution in [0.2, 0.25) is 0 Å². The number of alkyl halides is 6. The first-order valence-electron chi connectivity index (χ1n) is 9.40. The molecule has 2 aliphatic heterocycles. The number of rotatable bonds is 2. The molecule has 5 rings (SSSR count).